The standard InChI is InChI=1S/C22H23ClN2O/c1-25(2)21-10-8-20(9-11-21)24-15-18-12-19(23)14-22(13-18)26-16-17-6-4-3-5-7-17/h3-14,24H,15-16H2,1-2H3. The van der Waals surface area contributed by atoms with Crippen molar-refractivity contribution in [3.63, 3.8) is 0 Å². The highest BCUT2D eigenvalue weighted by Crippen LogP contribution is 2.23. The third-order valence-corrected chi connectivity index (χ3v) is 4.28. The van der Waals surface area contributed by atoms with Crippen LogP contribution in [0, 0.1) is 0 Å². The lowest BCUT2D eigenvalue weighted by Crippen LogP contribution is -2.08. The molecule has 3 nitrogen and oxygen atoms in total. The number of nitrogens with zero attached hydrogens (tertiary/aromatic N) is 1. The summed E-state index contributed by atoms with van der Waals surface area (Å²) in [7, 11) is 4.07. The van der Waals surface area contributed by atoms with Crippen LogP contribution >= 0.6 is 11.6 Å². The van der Waals surface area contributed by atoms with Crippen LogP contribution in [0.25, 0.3) is 0 Å². The molecule has 0 bridgehead atoms. The highest BCUT2D eigenvalue weighted by molar-refractivity contribution is 6.30. The molecule has 0 aliphatic heterocycles. The largest absolute Gasteiger partial charge is 0.489 e. The molecule has 1 N–H and O–H groups in total. The van der Waals surface area contributed by atoms with Crippen LogP contribution in [0.2, 0.25) is 5.02 Å². The number of hydrogen-bond donors (Lipinski definition) is 1. The summed E-state index contributed by atoms with van der Waals surface area (Å²) in [4.78, 5) is 2.08. The Labute approximate surface area is 160 Å². The van der Waals surface area contributed by atoms with E-state index < -0.39 is 0 Å². The second-order valence-electron chi connectivity index (χ2n) is 6.36. The average molecular weight is 367 g/mol. The summed E-state index contributed by atoms with van der Waals surface area (Å²) in [5.41, 5.74) is 4.46. The van der Waals surface area contributed by atoms with Gasteiger partial charge < -0.3 is 15.0 Å². The first-order chi connectivity index (χ1) is 12.6. The molecule has 0 aliphatic rings. The van der Waals surface area contributed by atoms with Crippen LogP contribution in [0.1, 0.15) is 11.1 Å². The van der Waals surface area contributed by atoms with Crippen LogP contribution in [-0.4, -0.2) is 14.1 Å². The normalized spacial score (nSPS) is 10.4. The van der Waals surface area contributed by atoms with Gasteiger partial charge in [0, 0.05) is 37.0 Å². The summed E-state index contributed by atoms with van der Waals surface area (Å²) in [5, 5.41) is 4.10. The molecule has 0 aromatic heterocycles. The SMILES string of the molecule is CN(C)c1ccc(NCc2cc(Cl)cc(OCc3ccccc3)c2)cc1. The van der Waals surface area contributed by atoms with E-state index in [9.17, 15) is 0 Å². The maximum Gasteiger partial charge on any atom is 0.121 e. The smallest absolute Gasteiger partial charge is 0.121 e. The van der Waals surface area contributed by atoms with Gasteiger partial charge in [0.2, 0.25) is 0 Å². The molecule has 0 saturated heterocycles. The van der Waals surface area contributed by atoms with Crippen LogP contribution in [0.15, 0.2) is 72.8 Å². The molecule has 3 aromatic rings. The Morgan fingerprint density at radius 1 is 0.885 bits per heavy atom. The summed E-state index contributed by atoms with van der Waals surface area (Å²) in [6.45, 7) is 1.21. The summed E-state index contributed by atoms with van der Waals surface area (Å²) >= 11 is 6.26. The Morgan fingerprint density at radius 3 is 2.31 bits per heavy atom. The van der Waals surface area contributed by atoms with Crippen molar-refractivity contribution >= 4 is 23.0 Å². The zero-order valence-corrected chi connectivity index (χ0v) is 15.8. The fourth-order valence-electron chi connectivity index (χ4n) is 2.63. The molecule has 0 aliphatic carbocycles. The number of hydrogen-bond acceptors (Lipinski definition) is 3. The average Bonchev–Trinajstić information content (AvgIpc) is 2.65. The first-order valence-electron chi connectivity index (χ1n) is 8.57. The van der Waals surface area contributed by atoms with Crippen molar-refractivity contribution < 1.29 is 4.74 Å². The molecule has 3 aromatic carbocycles. The lowest BCUT2D eigenvalue weighted by Gasteiger charge is -2.14. The summed E-state index contributed by atoms with van der Waals surface area (Å²) in [6, 6.07) is 24.3. The molecule has 0 unspecified atom stereocenters. The Balaban J connectivity index is 1.61. The highest BCUT2D eigenvalue weighted by Gasteiger charge is 2.03. The number of nitrogens with one attached hydrogen (secondary N) is 1. The van der Waals surface area contributed by atoms with Crippen LogP contribution in [0.4, 0.5) is 11.4 Å². The first-order valence-corrected chi connectivity index (χ1v) is 8.95. The number of rotatable bonds is 7. The minimum Gasteiger partial charge on any atom is -0.489 e. The van der Waals surface area contributed by atoms with Gasteiger partial charge in [-0.25, -0.2) is 0 Å². The second-order valence-corrected chi connectivity index (χ2v) is 6.80. The highest BCUT2D eigenvalue weighted by atomic mass is 35.5. The Kier molecular flexibility index (Phi) is 6.03. The molecule has 0 heterocycles. The van der Waals surface area contributed by atoms with Crippen molar-refractivity contribution in [1.82, 2.24) is 0 Å². The van der Waals surface area contributed by atoms with Gasteiger partial charge in [0.15, 0.2) is 0 Å². The molecule has 0 spiro atoms. The van der Waals surface area contributed by atoms with E-state index in [0.29, 0.717) is 18.2 Å². The van der Waals surface area contributed by atoms with Crippen molar-refractivity contribution in [2.45, 2.75) is 13.2 Å². The lowest BCUT2D eigenvalue weighted by molar-refractivity contribution is 0.306. The molecular weight excluding hydrogens is 344 g/mol. The number of ether oxygens (including phenoxy) is 1. The minimum atomic E-state index is 0.528. The van der Waals surface area contributed by atoms with Crippen molar-refractivity contribution in [3.8, 4) is 5.75 Å². The van der Waals surface area contributed by atoms with Gasteiger partial charge in [-0.05, 0) is 53.6 Å². The number of benzene rings is 3. The Hall–Kier alpha value is -2.65. The van der Waals surface area contributed by atoms with E-state index in [4.69, 9.17) is 16.3 Å². The maximum atomic E-state index is 6.26. The van der Waals surface area contributed by atoms with Crippen molar-refractivity contribution in [2.75, 3.05) is 24.3 Å². The van der Waals surface area contributed by atoms with Gasteiger partial charge in [0.1, 0.15) is 12.4 Å². The monoisotopic (exact) mass is 366 g/mol. The number of anilines is 2. The topological polar surface area (TPSA) is 24.5 Å². The van der Waals surface area contributed by atoms with Crippen LogP contribution < -0.4 is 15.0 Å². The van der Waals surface area contributed by atoms with Gasteiger partial charge >= 0.3 is 0 Å². The molecule has 0 atom stereocenters. The molecular formula is C22H23ClN2O. The number of halogens is 1. The fraction of sp³-hybridized carbons (Fsp3) is 0.182. The second kappa shape index (κ2) is 8.63. The van der Waals surface area contributed by atoms with E-state index in [2.05, 4.69) is 34.5 Å². The van der Waals surface area contributed by atoms with Gasteiger partial charge in [0.05, 0.1) is 0 Å². The quantitative estimate of drug-likeness (QED) is 0.589. The predicted molar refractivity (Wildman–Crippen MR) is 110 cm³/mol. The molecule has 0 fully saturated rings. The third-order valence-electron chi connectivity index (χ3n) is 4.06. The van der Waals surface area contributed by atoms with Crippen LogP contribution in [0.5, 0.6) is 5.75 Å². The van der Waals surface area contributed by atoms with Crippen LogP contribution in [0.3, 0.4) is 0 Å². The van der Waals surface area contributed by atoms with Crippen LogP contribution in [-0.2, 0) is 13.2 Å². The molecule has 0 radical (unpaired) electrons. The molecule has 26 heavy (non-hydrogen) atoms. The zero-order chi connectivity index (χ0) is 18.4. The van der Waals surface area contributed by atoms with Gasteiger partial charge in [-0.2, -0.15) is 0 Å². The van der Waals surface area contributed by atoms with Gasteiger partial charge in [-0.1, -0.05) is 41.9 Å². The Bertz CT molecular complexity index is 833. The van der Waals surface area contributed by atoms with Gasteiger partial charge in [0.25, 0.3) is 0 Å². The van der Waals surface area contributed by atoms with E-state index in [1.165, 1.54) is 5.69 Å². The summed E-state index contributed by atoms with van der Waals surface area (Å²) in [6.07, 6.45) is 0. The Morgan fingerprint density at radius 2 is 1.62 bits per heavy atom. The maximum absolute atomic E-state index is 6.26. The van der Waals surface area contributed by atoms with E-state index in [0.717, 1.165) is 22.6 Å². The molecule has 0 saturated carbocycles. The van der Waals surface area contributed by atoms with E-state index in [1.807, 2.05) is 62.6 Å². The van der Waals surface area contributed by atoms with Crippen molar-refractivity contribution in [3.05, 3.63) is 88.9 Å². The third kappa shape index (κ3) is 5.17. The molecule has 3 rings (SSSR count). The van der Waals surface area contributed by atoms with Gasteiger partial charge in [-0.3, -0.25) is 0 Å². The first kappa shape index (κ1) is 18.2. The molecule has 0 amide bonds. The van der Waals surface area contributed by atoms with E-state index in [1.54, 1.807) is 0 Å². The fourth-order valence-corrected chi connectivity index (χ4v) is 2.88. The predicted octanol–water partition coefficient (Wildman–Crippen LogP) is 5.60. The lowest BCUT2D eigenvalue weighted by atomic mass is 10.2. The molecule has 134 valence electrons. The van der Waals surface area contributed by atoms with Crippen molar-refractivity contribution in [2.24, 2.45) is 0 Å². The van der Waals surface area contributed by atoms with Crippen molar-refractivity contribution in [1.29, 1.82) is 0 Å². The summed E-state index contributed by atoms with van der Waals surface area (Å²) in [5.74, 6) is 0.779. The minimum absolute atomic E-state index is 0.528. The molecule has 4 heteroatoms. The summed E-state index contributed by atoms with van der Waals surface area (Å²) < 4.78 is 5.89. The van der Waals surface area contributed by atoms with E-state index >= 15 is 0 Å². The van der Waals surface area contributed by atoms with E-state index in [-0.39, 0.29) is 0 Å². The van der Waals surface area contributed by atoms with Gasteiger partial charge in [-0.15, -0.1) is 0 Å². The zero-order valence-electron chi connectivity index (χ0n) is 15.1.